The maximum Gasteiger partial charge on any atom is 0.239 e. The molecule has 0 aliphatic heterocycles. The summed E-state index contributed by atoms with van der Waals surface area (Å²) in [5, 5.41) is 0. The molecule has 100 valence electrons. The second-order valence-electron chi connectivity index (χ2n) is 5.51. The Balaban J connectivity index is 2.54. The molecular formula is C14H28N2O. The molecule has 1 aliphatic rings. The molecule has 0 saturated heterocycles. The van der Waals surface area contributed by atoms with Crippen molar-refractivity contribution in [2.45, 2.75) is 70.9 Å². The Hall–Kier alpha value is -0.570. The predicted molar refractivity (Wildman–Crippen MR) is 71.7 cm³/mol. The summed E-state index contributed by atoms with van der Waals surface area (Å²) < 4.78 is 0. The van der Waals surface area contributed by atoms with Crippen molar-refractivity contribution in [3.05, 3.63) is 0 Å². The number of carbonyl (C=O) groups excluding carboxylic acids is 1. The molecule has 3 heteroatoms. The van der Waals surface area contributed by atoms with Gasteiger partial charge >= 0.3 is 0 Å². The number of hydrogen-bond donors (Lipinski definition) is 1. The molecule has 0 aromatic heterocycles. The van der Waals surface area contributed by atoms with E-state index in [-0.39, 0.29) is 17.9 Å². The van der Waals surface area contributed by atoms with E-state index in [1.54, 1.807) is 0 Å². The van der Waals surface area contributed by atoms with Gasteiger partial charge in [0.1, 0.15) is 0 Å². The summed E-state index contributed by atoms with van der Waals surface area (Å²) in [5.41, 5.74) is 6.03. The normalized spacial score (nSPS) is 21.6. The van der Waals surface area contributed by atoms with Crippen molar-refractivity contribution in [2.75, 3.05) is 7.05 Å². The zero-order valence-corrected chi connectivity index (χ0v) is 11.6. The Morgan fingerprint density at radius 2 is 1.82 bits per heavy atom. The summed E-state index contributed by atoms with van der Waals surface area (Å²) in [6.07, 6.45) is 8.39. The monoisotopic (exact) mass is 240 g/mol. The minimum Gasteiger partial charge on any atom is -0.341 e. The maximum atomic E-state index is 12.3. The van der Waals surface area contributed by atoms with Crippen molar-refractivity contribution in [1.82, 2.24) is 4.90 Å². The van der Waals surface area contributed by atoms with Crippen LogP contribution in [0.1, 0.15) is 58.8 Å². The Kier molecular flexibility index (Phi) is 5.96. The zero-order valence-electron chi connectivity index (χ0n) is 11.6. The van der Waals surface area contributed by atoms with Gasteiger partial charge in [0.15, 0.2) is 0 Å². The van der Waals surface area contributed by atoms with Gasteiger partial charge in [-0.2, -0.15) is 0 Å². The Morgan fingerprint density at radius 3 is 2.29 bits per heavy atom. The van der Waals surface area contributed by atoms with E-state index in [1.807, 2.05) is 11.9 Å². The lowest BCUT2D eigenvalue weighted by molar-refractivity contribution is -0.134. The lowest BCUT2D eigenvalue weighted by atomic mass is 9.97. The van der Waals surface area contributed by atoms with Gasteiger partial charge in [0.2, 0.25) is 5.91 Å². The van der Waals surface area contributed by atoms with Crippen molar-refractivity contribution >= 4 is 5.91 Å². The van der Waals surface area contributed by atoms with Gasteiger partial charge in [-0.15, -0.1) is 0 Å². The summed E-state index contributed by atoms with van der Waals surface area (Å²) in [6, 6.07) is 0.0911. The summed E-state index contributed by atoms with van der Waals surface area (Å²) in [6.45, 7) is 4.15. The number of carbonyl (C=O) groups is 1. The number of nitrogens with zero attached hydrogens (tertiary/aromatic N) is 1. The third kappa shape index (κ3) is 3.98. The predicted octanol–water partition coefficient (Wildman–Crippen LogP) is 2.54. The quantitative estimate of drug-likeness (QED) is 0.768. The third-order valence-corrected chi connectivity index (χ3v) is 4.26. The van der Waals surface area contributed by atoms with Crippen LogP contribution in [0, 0.1) is 5.92 Å². The Bertz CT molecular complexity index is 234. The largest absolute Gasteiger partial charge is 0.341 e. The number of likely N-dealkylation sites (N-methyl/N-ethyl adjacent to an activating group) is 1. The van der Waals surface area contributed by atoms with Gasteiger partial charge in [0.05, 0.1) is 6.04 Å². The highest BCUT2D eigenvalue weighted by atomic mass is 16.2. The van der Waals surface area contributed by atoms with Crippen LogP contribution in [0.4, 0.5) is 0 Å². The molecule has 2 unspecified atom stereocenters. The number of nitrogens with two attached hydrogens (primary N) is 1. The second-order valence-corrected chi connectivity index (χ2v) is 5.51. The van der Waals surface area contributed by atoms with Crippen LogP contribution >= 0.6 is 0 Å². The van der Waals surface area contributed by atoms with Gasteiger partial charge in [-0.1, -0.05) is 46.0 Å². The van der Waals surface area contributed by atoms with E-state index in [2.05, 4.69) is 13.8 Å². The highest BCUT2D eigenvalue weighted by Gasteiger charge is 2.27. The van der Waals surface area contributed by atoms with E-state index in [0.29, 0.717) is 6.04 Å². The lowest BCUT2D eigenvalue weighted by Gasteiger charge is -2.31. The SMILES string of the molecule is CCC(C)C(N)C(=O)N(C)C1CCCCCC1. The molecule has 0 spiro atoms. The Morgan fingerprint density at radius 1 is 1.29 bits per heavy atom. The first kappa shape index (κ1) is 14.5. The van der Waals surface area contributed by atoms with E-state index < -0.39 is 0 Å². The van der Waals surface area contributed by atoms with Gasteiger partial charge < -0.3 is 10.6 Å². The van der Waals surface area contributed by atoms with Crippen molar-refractivity contribution in [3.63, 3.8) is 0 Å². The van der Waals surface area contributed by atoms with Gasteiger partial charge in [-0.05, 0) is 18.8 Å². The first-order valence-corrected chi connectivity index (χ1v) is 7.10. The van der Waals surface area contributed by atoms with Gasteiger partial charge in [0.25, 0.3) is 0 Å². The molecule has 2 atom stereocenters. The molecule has 1 rings (SSSR count). The molecule has 1 aliphatic carbocycles. The molecule has 0 aromatic rings. The minimum absolute atomic E-state index is 0.131. The standard InChI is InChI=1S/C14H28N2O/c1-4-11(2)13(15)14(17)16(3)12-9-7-5-6-8-10-12/h11-13H,4-10,15H2,1-3H3. The average molecular weight is 240 g/mol. The van der Waals surface area contributed by atoms with Crippen LogP contribution in [0.15, 0.2) is 0 Å². The second kappa shape index (κ2) is 7.00. The van der Waals surface area contributed by atoms with Crippen molar-refractivity contribution in [1.29, 1.82) is 0 Å². The van der Waals surface area contributed by atoms with Crippen LogP contribution < -0.4 is 5.73 Å². The van der Waals surface area contributed by atoms with E-state index in [0.717, 1.165) is 19.3 Å². The topological polar surface area (TPSA) is 46.3 Å². The van der Waals surface area contributed by atoms with Crippen molar-refractivity contribution in [3.8, 4) is 0 Å². The zero-order chi connectivity index (χ0) is 12.8. The lowest BCUT2D eigenvalue weighted by Crippen LogP contribution is -2.49. The van der Waals surface area contributed by atoms with Gasteiger partial charge in [0, 0.05) is 13.1 Å². The maximum absolute atomic E-state index is 12.3. The molecule has 0 radical (unpaired) electrons. The van der Waals surface area contributed by atoms with Crippen LogP contribution in [0.25, 0.3) is 0 Å². The van der Waals surface area contributed by atoms with Crippen LogP contribution in [-0.4, -0.2) is 29.9 Å². The molecule has 2 N–H and O–H groups in total. The molecule has 17 heavy (non-hydrogen) atoms. The molecular weight excluding hydrogens is 212 g/mol. The first-order valence-electron chi connectivity index (χ1n) is 7.10. The van der Waals surface area contributed by atoms with Crippen LogP contribution in [-0.2, 0) is 4.79 Å². The summed E-state index contributed by atoms with van der Waals surface area (Å²) >= 11 is 0. The van der Waals surface area contributed by atoms with Crippen LogP contribution in [0.3, 0.4) is 0 Å². The van der Waals surface area contributed by atoms with Crippen molar-refractivity contribution < 1.29 is 4.79 Å². The molecule has 0 aromatic carbocycles. The highest BCUT2D eigenvalue weighted by molar-refractivity contribution is 5.82. The number of hydrogen-bond acceptors (Lipinski definition) is 2. The van der Waals surface area contributed by atoms with Crippen LogP contribution in [0.5, 0.6) is 0 Å². The van der Waals surface area contributed by atoms with E-state index in [9.17, 15) is 4.79 Å². The molecule has 1 fully saturated rings. The van der Waals surface area contributed by atoms with E-state index in [4.69, 9.17) is 5.73 Å². The first-order chi connectivity index (χ1) is 8.07. The number of rotatable bonds is 4. The van der Waals surface area contributed by atoms with Gasteiger partial charge in [-0.3, -0.25) is 4.79 Å². The fraction of sp³-hybridized carbons (Fsp3) is 0.929. The molecule has 1 saturated carbocycles. The summed E-state index contributed by atoms with van der Waals surface area (Å²) in [5.74, 6) is 0.405. The van der Waals surface area contributed by atoms with Crippen molar-refractivity contribution in [2.24, 2.45) is 11.7 Å². The smallest absolute Gasteiger partial charge is 0.239 e. The average Bonchev–Trinajstić information content (AvgIpc) is 2.63. The van der Waals surface area contributed by atoms with E-state index >= 15 is 0 Å². The van der Waals surface area contributed by atoms with Gasteiger partial charge in [-0.25, -0.2) is 0 Å². The Labute approximate surface area is 106 Å². The third-order valence-electron chi connectivity index (χ3n) is 4.26. The van der Waals surface area contributed by atoms with E-state index in [1.165, 1.54) is 25.7 Å². The molecule has 0 bridgehead atoms. The molecule has 0 heterocycles. The summed E-state index contributed by atoms with van der Waals surface area (Å²) in [7, 11) is 1.93. The fourth-order valence-electron chi connectivity index (χ4n) is 2.56. The summed E-state index contributed by atoms with van der Waals surface area (Å²) in [4.78, 5) is 14.2. The van der Waals surface area contributed by atoms with Crippen LogP contribution in [0.2, 0.25) is 0 Å². The molecule has 3 nitrogen and oxygen atoms in total. The molecule has 1 amide bonds. The highest BCUT2D eigenvalue weighted by Crippen LogP contribution is 2.22. The fourth-order valence-corrected chi connectivity index (χ4v) is 2.56. The minimum atomic E-state index is -0.326. The number of amides is 1.